The Morgan fingerprint density at radius 3 is 2.76 bits per heavy atom. The minimum Gasteiger partial charge on any atom is -0.481 e. The second-order valence-corrected chi connectivity index (χ2v) is 6.13. The predicted molar refractivity (Wildman–Crippen MR) is 68.0 cm³/mol. The number of hydrogen-bond acceptors (Lipinski definition) is 2. The first-order valence-electron chi connectivity index (χ1n) is 7.05. The molecule has 1 saturated heterocycles. The molecule has 0 spiro atoms. The van der Waals surface area contributed by atoms with Crippen LogP contribution in [0.15, 0.2) is 0 Å². The van der Waals surface area contributed by atoms with Gasteiger partial charge in [0.1, 0.15) is 0 Å². The van der Waals surface area contributed by atoms with E-state index in [2.05, 4.69) is 18.7 Å². The van der Waals surface area contributed by atoms with Crippen molar-refractivity contribution >= 4 is 5.97 Å². The van der Waals surface area contributed by atoms with Crippen molar-refractivity contribution in [3.05, 3.63) is 0 Å². The van der Waals surface area contributed by atoms with Gasteiger partial charge in [0.15, 0.2) is 0 Å². The van der Waals surface area contributed by atoms with E-state index in [-0.39, 0.29) is 0 Å². The van der Waals surface area contributed by atoms with E-state index in [1.165, 1.54) is 19.3 Å². The van der Waals surface area contributed by atoms with E-state index in [0.29, 0.717) is 6.04 Å². The van der Waals surface area contributed by atoms with Crippen molar-refractivity contribution in [3.63, 3.8) is 0 Å². The van der Waals surface area contributed by atoms with Gasteiger partial charge in [-0.25, -0.2) is 0 Å². The Morgan fingerprint density at radius 2 is 2.24 bits per heavy atom. The van der Waals surface area contributed by atoms with E-state index in [0.717, 1.165) is 38.3 Å². The van der Waals surface area contributed by atoms with E-state index in [4.69, 9.17) is 0 Å². The average Bonchev–Trinajstić information content (AvgIpc) is 2.86. The third-order valence-corrected chi connectivity index (χ3v) is 4.75. The second-order valence-electron chi connectivity index (χ2n) is 6.13. The molecule has 2 fully saturated rings. The highest BCUT2D eigenvalue weighted by molar-refractivity contribution is 5.75. The summed E-state index contributed by atoms with van der Waals surface area (Å²) >= 11 is 0. The van der Waals surface area contributed by atoms with Crippen LogP contribution in [-0.2, 0) is 4.79 Å². The van der Waals surface area contributed by atoms with E-state index in [1.807, 2.05) is 0 Å². The van der Waals surface area contributed by atoms with Crippen LogP contribution in [0.3, 0.4) is 0 Å². The summed E-state index contributed by atoms with van der Waals surface area (Å²) < 4.78 is 0. The molecule has 98 valence electrons. The van der Waals surface area contributed by atoms with Gasteiger partial charge in [-0.2, -0.15) is 0 Å². The van der Waals surface area contributed by atoms with E-state index < -0.39 is 11.4 Å². The van der Waals surface area contributed by atoms with Crippen LogP contribution in [0.2, 0.25) is 0 Å². The van der Waals surface area contributed by atoms with Crippen molar-refractivity contribution in [1.29, 1.82) is 0 Å². The third kappa shape index (κ3) is 2.49. The minimum atomic E-state index is -0.576. The maximum Gasteiger partial charge on any atom is 0.310 e. The molecule has 1 aliphatic heterocycles. The number of likely N-dealkylation sites (tertiary alicyclic amines) is 1. The van der Waals surface area contributed by atoms with Gasteiger partial charge in [0.05, 0.1) is 5.41 Å². The maximum absolute atomic E-state index is 11.5. The zero-order valence-electron chi connectivity index (χ0n) is 11.1. The quantitative estimate of drug-likeness (QED) is 0.820. The smallest absolute Gasteiger partial charge is 0.310 e. The molecule has 17 heavy (non-hydrogen) atoms. The van der Waals surface area contributed by atoms with Gasteiger partial charge in [0, 0.05) is 12.6 Å². The Balaban J connectivity index is 1.99. The third-order valence-electron chi connectivity index (χ3n) is 4.75. The number of nitrogens with zero attached hydrogens (tertiary/aromatic N) is 1. The summed E-state index contributed by atoms with van der Waals surface area (Å²) in [5.41, 5.74) is -0.444. The Bertz CT molecular complexity index is 292. The molecule has 2 rings (SSSR count). The van der Waals surface area contributed by atoms with Gasteiger partial charge >= 0.3 is 5.97 Å². The molecule has 0 aromatic carbocycles. The fourth-order valence-electron chi connectivity index (χ4n) is 3.69. The largest absolute Gasteiger partial charge is 0.481 e. The lowest BCUT2D eigenvalue weighted by Gasteiger charge is -2.27. The normalized spacial score (nSPS) is 38.7. The van der Waals surface area contributed by atoms with Crippen molar-refractivity contribution in [3.8, 4) is 0 Å². The average molecular weight is 239 g/mol. The van der Waals surface area contributed by atoms with Crippen molar-refractivity contribution in [1.82, 2.24) is 4.90 Å². The molecule has 1 aliphatic carbocycles. The lowest BCUT2D eigenvalue weighted by molar-refractivity contribution is -0.148. The molecule has 2 aliphatic rings. The Labute approximate surface area is 104 Å². The van der Waals surface area contributed by atoms with Crippen LogP contribution < -0.4 is 0 Å². The molecule has 1 heterocycles. The Morgan fingerprint density at radius 1 is 1.47 bits per heavy atom. The molecule has 0 aromatic rings. The van der Waals surface area contributed by atoms with Crippen molar-refractivity contribution < 1.29 is 9.90 Å². The number of carboxylic acids is 1. The van der Waals surface area contributed by atoms with Crippen LogP contribution in [0.25, 0.3) is 0 Å². The van der Waals surface area contributed by atoms with Crippen LogP contribution in [-0.4, -0.2) is 35.1 Å². The van der Waals surface area contributed by atoms with Gasteiger partial charge in [0.25, 0.3) is 0 Å². The van der Waals surface area contributed by atoms with Crippen LogP contribution >= 0.6 is 0 Å². The van der Waals surface area contributed by atoms with Gasteiger partial charge in [-0.05, 0) is 44.6 Å². The summed E-state index contributed by atoms with van der Waals surface area (Å²) in [6.45, 7) is 6.18. The Kier molecular flexibility index (Phi) is 3.76. The summed E-state index contributed by atoms with van der Waals surface area (Å²) in [4.78, 5) is 14.0. The van der Waals surface area contributed by atoms with E-state index >= 15 is 0 Å². The van der Waals surface area contributed by atoms with Crippen LogP contribution in [0.4, 0.5) is 0 Å². The molecule has 0 amide bonds. The number of carbonyl (C=O) groups is 1. The lowest BCUT2D eigenvalue weighted by atomic mass is 9.82. The van der Waals surface area contributed by atoms with Crippen LogP contribution in [0.1, 0.15) is 52.4 Å². The van der Waals surface area contributed by atoms with Crippen molar-refractivity contribution in [2.24, 2.45) is 11.3 Å². The first kappa shape index (κ1) is 12.9. The molecule has 3 heteroatoms. The maximum atomic E-state index is 11.5. The number of rotatable bonds is 4. The standard InChI is InChI=1S/C14H25NO2/c1-3-6-14(13(16)17)7-8-15(10-14)12-5-4-11(2)9-12/h11-12H,3-10H2,1-2H3,(H,16,17). The lowest BCUT2D eigenvalue weighted by Crippen LogP contribution is -2.38. The molecule has 3 nitrogen and oxygen atoms in total. The molecule has 0 aromatic heterocycles. The molecule has 1 N–H and O–H groups in total. The zero-order valence-corrected chi connectivity index (χ0v) is 11.1. The zero-order chi connectivity index (χ0) is 12.5. The number of hydrogen-bond donors (Lipinski definition) is 1. The van der Waals surface area contributed by atoms with Gasteiger partial charge in [-0.1, -0.05) is 20.3 Å². The van der Waals surface area contributed by atoms with Gasteiger partial charge in [-0.3, -0.25) is 9.69 Å². The highest BCUT2D eigenvalue weighted by atomic mass is 16.4. The highest BCUT2D eigenvalue weighted by Crippen LogP contribution is 2.40. The summed E-state index contributed by atoms with van der Waals surface area (Å²) in [5.74, 6) is 0.249. The van der Waals surface area contributed by atoms with Gasteiger partial charge < -0.3 is 5.11 Å². The fraction of sp³-hybridized carbons (Fsp3) is 0.929. The summed E-state index contributed by atoms with van der Waals surface area (Å²) in [6, 6.07) is 0.656. The van der Waals surface area contributed by atoms with Crippen LogP contribution in [0.5, 0.6) is 0 Å². The van der Waals surface area contributed by atoms with Gasteiger partial charge in [-0.15, -0.1) is 0 Å². The molecular weight excluding hydrogens is 214 g/mol. The Hall–Kier alpha value is -0.570. The summed E-state index contributed by atoms with van der Waals surface area (Å²) in [6.07, 6.45) is 6.50. The molecule has 3 unspecified atom stereocenters. The summed E-state index contributed by atoms with van der Waals surface area (Å²) in [7, 11) is 0. The number of carboxylic acid groups (broad SMARTS) is 1. The molecule has 0 radical (unpaired) electrons. The minimum absolute atomic E-state index is 0.444. The van der Waals surface area contributed by atoms with Crippen molar-refractivity contribution in [2.75, 3.05) is 13.1 Å². The molecular formula is C14H25NO2. The topological polar surface area (TPSA) is 40.5 Å². The number of aliphatic carboxylic acids is 1. The summed E-state index contributed by atoms with van der Waals surface area (Å²) in [5, 5.41) is 9.48. The first-order valence-corrected chi connectivity index (χ1v) is 7.05. The predicted octanol–water partition coefficient (Wildman–Crippen LogP) is 2.75. The van der Waals surface area contributed by atoms with Crippen molar-refractivity contribution in [2.45, 2.75) is 58.4 Å². The molecule has 3 atom stereocenters. The fourth-order valence-corrected chi connectivity index (χ4v) is 3.69. The van der Waals surface area contributed by atoms with E-state index in [1.54, 1.807) is 0 Å². The monoisotopic (exact) mass is 239 g/mol. The SMILES string of the molecule is CCCC1(C(=O)O)CCN(C2CCC(C)C2)C1. The molecule has 0 bridgehead atoms. The van der Waals surface area contributed by atoms with Crippen LogP contribution in [0, 0.1) is 11.3 Å². The van der Waals surface area contributed by atoms with Gasteiger partial charge in [0.2, 0.25) is 0 Å². The second kappa shape index (κ2) is 4.97. The van der Waals surface area contributed by atoms with E-state index in [9.17, 15) is 9.90 Å². The first-order chi connectivity index (χ1) is 8.07. The highest BCUT2D eigenvalue weighted by Gasteiger charge is 2.46. The molecule has 1 saturated carbocycles.